The second-order valence-corrected chi connectivity index (χ2v) is 14.9. The van der Waals surface area contributed by atoms with Crippen LogP contribution < -0.4 is 21.1 Å². The first-order chi connectivity index (χ1) is 24.2. The molecule has 2 saturated carbocycles. The van der Waals surface area contributed by atoms with Gasteiger partial charge in [0.2, 0.25) is 0 Å². The van der Waals surface area contributed by atoms with Crippen LogP contribution in [-0.2, 0) is 11.2 Å². The number of aliphatic hydroxyl groups is 4. The van der Waals surface area contributed by atoms with E-state index in [0.29, 0.717) is 66.5 Å². The van der Waals surface area contributed by atoms with E-state index in [4.69, 9.17) is 10.5 Å². The van der Waals surface area contributed by atoms with Crippen LogP contribution in [0.3, 0.4) is 0 Å². The molecule has 7 atom stereocenters. The van der Waals surface area contributed by atoms with Gasteiger partial charge in [-0.15, -0.1) is 0 Å². The smallest absolute Gasteiger partial charge is 0.410 e. The molecule has 1 amide bonds. The summed E-state index contributed by atoms with van der Waals surface area (Å²) in [6.45, 7) is 14.5. The summed E-state index contributed by atoms with van der Waals surface area (Å²) in [5.41, 5.74) is 9.21. The third kappa shape index (κ3) is 8.64. The number of hydrogen-bond donors (Lipinski definition) is 7. The van der Waals surface area contributed by atoms with Crippen molar-refractivity contribution in [3.63, 3.8) is 0 Å². The van der Waals surface area contributed by atoms with E-state index in [0.717, 1.165) is 24.1 Å². The number of ether oxygens (including phenoxy) is 1. The number of rotatable bonds is 15. The number of Topliss-reactive ketones (excluding diaryl/α,β-unsaturated/α-hetero) is 1. The summed E-state index contributed by atoms with van der Waals surface area (Å²) >= 11 is 0. The normalized spacial score (nSPS) is 29.4. The zero-order valence-electron chi connectivity index (χ0n) is 31.0. The van der Waals surface area contributed by atoms with E-state index in [9.17, 15) is 30.0 Å². The monoisotopic (exact) mass is 705 g/mol. The van der Waals surface area contributed by atoms with Crippen molar-refractivity contribution < 1.29 is 34.8 Å². The van der Waals surface area contributed by atoms with Gasteiger partial charge in [0.15, 0.2) is 5.78 Å². The van der Waals surface area contributed by atoms with Gasteiger partial charge < -0.3 is 41.5 Å². The van der Waals surface area contributed by atoms with Crippen LogP contribution in [-0.4, -0.2) is 69.8 Å². The maximum atomic E-state index is 14.0. The predicted molar refractivity (Wildman–Crippen MR) is 200 cm³/mol. The number of nitrogens with two attached hydrogens (primary N) is 1. The first kappa shape index (κ1) is 40.4. The Morgan fingerprint density at radius 2 is 1.98 bits per heavy atom. The summed E-state index contributed by atoms with van der Waals surface area (Å²) in [6, 6.07) is 5.35. The zero-order valence-corrected chi connectivity index (χ0v) is 31.0. The first-order valence-electron chi connectivity index (χ1n) is 18.4. The van der Waals surface area contributed by atoms with Gasteiger partial charge >= 0.3 is 6.09 Å². The number of aliphatic hydroxyl groups excluding tert-OH is 3. The number of benzene rings is 1. The van der Waals surface area contributed by atoms with Crippen molar-refractivity contribution in [1.82, 2.24) is 10.6 Å². The molecule has 1 aromatic carbocycles. The van der Waals surface area contributed by atoms with Crippen LogP contribution in [0.15, 0.2) is 76.9 Å². The van der Waals surface area contributed by atoms with Crippen molar-refractivity contribution in [3.05, 3.63) is 88.1 Å². The number of likely N-dealkylation sites (N-methyl/N-ethyl adjacent to an activating group) is 1. The number of ketones is 1. The summed E-state index contributed by atoms with van der Waals surface area (Å²) in [5.74, 6) is -0.661. The molecule has 10 heteroatoms. The second kappa shape index (κ2) is 17.4. The highest BCUT2D eigenvalue weighted by Crippen LogP contribution is 2.63. The van der Waals surface area contributed by atoms with E-state index >= 15 is 0 Å². The molecule has 0 aromatic heterocycles. The van der Waals surface area contributed by atoms with Gasteiger partial charge in [-0.1, -0.05) is 67.2 Å². The minimum Gasteiger partial charge on any atom is -0.410 e. The molecule has 1 spiro atoms. The molecule has 2 fully saturated rings. The van der Waals surface area contributed by atoms with Crippen molar-refractivity contribution in [2.75, 3.05) is 19.8 Å². The topological polar surface area (TPSA) is 174 Å². The Balaban J connectivity index is 1.65. The van der Waals surface area contributed by atoms with Gasteiger partial charge in [0.1, 0.15) is 11.9 Å². The Morgan fingerprint density at radius 3 is 2.65 bits per heavy atom. The van der Waals surface area contributed by atoms with Crippen molar-refractivity contribution in [1.29, 1.82) is 0 Å². The predicted octanol–water partition coefficient (Wildman–Crippen LogP) is 5.23. The van der Waals surface area contributed by atoms with Crippen LogP contribution in [0.1, 0.15) is 96.9 Å². The van der Waals surface area contributed by atoms with Crippen molar-refractivity contribution in [2.24, 2.45) is 23.0 Å². The molecule has 0 bridgehead atoms. The molecule has 0 radical (unpaired) electrons. The Morgan fingerprint density at radius 1 is 1.24 bits per heavy atom. The van der Waals surface area contributed by atoms with E-state index in [1.807, 2.05) is 18.2 Å². The van der Waals surface area contributed by atoms with Gasteiger partial charge in [-0.3, -0.25) is 4.79 Å². The zero-order chi connectivity index (χ0) is 37.5. The maximum Gasteiger partial charge on any atom is 0.414 e. The lowest BCUT2D eigenvalue weighted by atomic mass is 9.52. The van der Waals surface area contributed by atoms with Crippen LogP contribution in [0.2, 0.25) is 0 Å². The Bertz CT molecular complexity index is 1570. The van der Waals surface area contributed by atoms with E-state index in [-0.39, 0.29) is 37.4 Å². The molecule has 4 rings (SSSR count). The molecule has 8 N–H and O–H groups in total. The number of carbonyl (C=O) groups excluding carboxylic acids is 2. The van der Waals surface area contributed by atoms with Crippen molar-refractivity contribution in [3.8, 4) is 5.75 Å². The minimum atomic E-state index is -1.27. The number of nitrogens with one attached hydrogen (secondary N) is 2. The van der Waals surface area contributed by atoms with Crippen molar-refractivity contribution in [2.45, 2.75) is 110 Å². The molecule has 1 aromatic rings. The average molecular weight is 706 g/mol. The highest BCUT2D eigenvalue weighted by atomic mass is 16.6. The lowest BCUT2D eigenvalue weighted by molar-refractivity contribution is -0.167. The number of carbonyl (C=O) groups is 2. The third-order valence-electron chi connectivity index (χ3n) is 11.5. The van der Waals surface area contributed by atoms with Gasteiger partial charge in [-0.2, -0.15) is 0 Å². The first-order valence-corrected chi connectivity index (χ1v) is 18.4. The average Bonchev–Trinajstić information content (AvgIpc) is 3.43. The minimum absolute atomic E-state index is 0.0161. The number of amides is 1. The van der Waals surface area contributed by atoms with Gasteiger partial charge in [0, 0.05) is 41.5 Å². The Hall–Kier alpha value is -3.38. The third-order valence-corrected chi connectivity index (χ3v) is 11.5. The summed E-state index contributed by atoms with van der Waals surface area (Å²) in [5, 5.41) is 50.9. The molecule has 10 nitrogen and oxygen atoms in total. The summed E-state index contributed by atoms with van der Waals surface area (Å²) < 4.78 is 5.45. The van der Waals surface area contributed by atoms with E-state index in [1.54, 1.807) is 32.0 Å². The molecule has 0 unspecified atom stereocenters. The van der Waals surface area contributed by atoms with Gasteiger partial charge in [0.05, 0.1) is 18.3 Å². The number of para-hydroxylation sites is 1. The van der Waals surface area contributed by atoms with Gasteiger partial charge in [-0.05, 0) is 102 Å². The lowest BCUT2D eigenvalue weighted by Crippen LogP contribution is -2.59. The molecule has 1 aliphatic heterocycles. The molecule has 3 aliphatic rings. The Kier molecular flexibility index (Phi) is 13.8. The van der Waals surface area contributed by atoms with Crippen LogP contribution in [0.25, 0.3) is 0 Å². The molecular formula is C41H59N3O7. The van der Waals surface area contributed by atoms with Gasteiger partial charge in [0.25, 0.3) is 0 Å². The van der Waals surface area contributed by atoms with Crippen LogP contribution in [0, 0.1) is 17.3 Å². The SMILES string of the molecule is C=C(/C=C/C=C(/CO)[C@H]1CC[C@@]2([C@H](CCCO)/C(=C(\C)C(=O)Cc3cccc4c3OC(=O)N[C@@H]4N)CC[C@@]2(C)O)[C@@H]1O)[C@H](CC=C(C)C)NCC. The van der Waals surface area contributed by atoms with Crippen molar-refractivity contribution >= 4 is 11.9 Å². The summed E-state index contributed by atoms with van der Waals surface area (Å²) in [6.07, 6.45) is 8.96. The van der Waals surface area contributed by atoms with Crippen LogP contribution in [0.4, 0.5) is 4.79 Å². The highest BCUT2D eigenvalue weighted by Gasteiger charge is 2.64. The van der Waals surface area contributed by atoms with E-state index in [2.05, 4.69) is 44.1 Å². The molecule has 2 aliphatic carbocycles. The fraction of sp³-hybridized carbons (Fsp3) is 0.561. The largest absolute Gasteiger partial charge is 0.414 e. The molecule has 0 saturated heterocycles. The number of fused-ring (bicyclic) bond motifs is 1. The Labute approximate surface area is 303 Å². The standard InChI is InChI=1S/C41H59N3O7/c1-7-43-34(17-16-25(2)3)26(4)11-8-13-29(24-46)31-19-21-41(37(31)48)33(15-10-22-45)30(18-20-40(41,6)50)27(5)35(47)23-28-12-9-14-32-36(28)51-39(49)44-38(32)42/h8-9,11-14,16,31,33-34,37-38,43,45-46,48,50H,4,7,10,15,17-24,42H2,1-3,5-6H3,(H,44,49)/b11-8+,29-13-,30-27+/t31-,33-,34+,37-,38+,40-,41-/m1/s1. The van der Waals surface area contributed by atoms with Crippen LogP contribution in [0.5, 0.6) is 5.75 Å². The fourth-order valence-electron chi connectivity index (χ4n) is 8.66. The number of allylic oxidation sites excluding steroid dienone is 5. The maximum absolute atomic E-state index is 14.0. The molecule has 51 heavy (non-hydrogen) atoms. The second-order valence-electron chi connectivity index (χ2n) is 14.9. The van der Waals surface area contributed by atoms with Crippen LogP contribution >= 0.6 is 0 Å². The fourth-order valence-corrected chi connectivity index (χ4v) is 8.66. The highest BCUT2D eigenvalue weighted by molar-refractivity contribution is 5.97. The molecular weight excluding hydrogens is 646 g/mol. The summed E-state index contributed by atoms with van der Waals surface area (Å²) in [4.78, 5) is 26.1. The number of hydrogen-bond acceptors (Lipinski definition) is 9. The van der Waals surface area contributed by atoms with E-state index in [1.165, 1.54) is 5.57 Å². The van der Waals surface area contributed by atoms with Gasteiger partial charge in [-0.25, -0.2) is 4.79 Å². The van der Waals surface area contributed by atoms with E-state index < -0.39 is 35.3 Å². The quantitative estimate of drug-likeness (QED) is 0.0733. The lowest BCUT2D eigenvalue weighted by Gasteiger charge is -2.55. The molecule has 280 valence electrons. The molecule has 1 heterocycles. The summed E-state index contributed by atoms with van der Waals surface area (Å²) in [7, 11) is 0.